The van der Waals surface area contributed by atoms with Crippen LogP contribution in [0.4, 0.5) is 0 Å². The molecule has 0 amide bonds. The van der Waals surface area contributed by atoms with E-state index in [1.807, 2.05) is 42.0 Å². The van der Waals surface area contributed by atoms with Gasteiger partial charge in [0.15, 0.2) is 0 Å². The number of piperidine rings is 1. The van der Waals surface area contributed by atoms with Crippen molar-refractivity contribution in [2.45, 2.75) is 32.4 Å². The highest BCUT2D eigenvalue weighted by Gasteiger charge is 2.33. The number of benzene rings is 1. The molecule has 1 aromatic carbocycles. The summed E-state index contributed by atoms with van der Waals surface area (Å²) in [5.74, 6) is 0.765. The molecular formula is C17H23N3O. The van der Waals surface area contributed by atoms with Gasteiger partial charge in [0.25, 0.3) is 0 Å². The number of hydrogen-bond donors (Lipinski definition) is 1. The number of imidazole rings is 1. The first-order chi connectivity index (χ1) is 10.1. The number of aliphatic hydroxyl groups is 1. The van der Waals surface area contributed by atoms with Crippen LogP contribution in [0.25, 0.3) is 5.69 Å². The summed E-state index contributed by atoms with van der Waals surface area (Å²) in [6.45, 7) is 6.09. The van der Waals surface area contributed by atoms with Crippen LogP contribution in [0.2, 0.25) is 0 Å². The fraction of sp³-hybridized carbons (Fsp3) is 0.471. The van der Waals surface area contributed by atoms with Gasteiger partial charge in [-0.3, -0.25) is 4.90 Å². The van der Waals surface area contributed by atoms with E-state index in [4.69, 9.17) is 0 Å². The highest BCUT2D eigenvalue weighted by Crippen LogP contribution is 2.30. The highest BCUT2D eigenvalue weighted by atomic mass is 16.3. The zero-order valence-electron chi connectivity index (χ0n) is 12.7. The van der Waals surface area contributed by atoms with Gasteiger partial charge in [-0.15, -0.1) is 0 Å². The minimum absolute atomic E-state index is 0.765. The lowest BCUT2D eigenvalue weighted by Gasteiger charge is -2.41. The molecule has 0 aliphatic carbocycles. The molecule has 3 rings (SSSR count). The van der Waals surface area contributed by atoms with Crippen LogP contribution in [0, 0.1) is 5.92 Å². The predicted molar refractivity (Wildman–Crippen MR) is 83.1 cm³/mol. The minimum Gasteiger partial charge on any atom is -0.372 e. The summed E-state index contributed by atoms with van der Waals surface area (Å²) in [6.07, 6.45) is 7.77. The number of nitrogens with zero attached hydrogens (tertiary/aromatic N) is 3. The van der Waals surface area contributed by atoms with E-state index in [1.165, 1.54) is 0 Å². The Morgan fingerprint density at radius 2 is 1.86 bits per heavy atom. The van der Waals surface area contributed by atoms with E-state index >= 15 is 0 Å². The third-order valence-corrected chi connectivity index (χ3v) is 4.62. The zero-order valence-corrected chi connectivity index (χ0v) is 12.7. The van der Waals surface area contributed by atoms with Gasteiger partial charge < -0.3 is 9.67 Å². The van der Waals surface area contributed by atoms with Crippen LogP contribution in [0.15, 0.2) is 43.0 Å². The first-order valence-corrected chi connectivity index (χ1v) is 7.63. The van der Waals surface area contributed by atoms with Crippen LogP contribution in [-0.4, -0.2) is 32.6 Å². The van der Waals surface area contributed by atoms with E-state index in [0.29, 0.717) is 0 Å². The Labute approximate surface area is 126 Å². The van der Waals surface area contributed by atoms with Crippen LogP contribution in [0.3, 0.4) is 0 Å². The van der Waals surface area contributed by atoms with E-state index in [2.05, 4.69) is 16.8 Å². The Morgan fingerprint density at radius 1 is 1.19 bits per heavy atom. The molecule has 0 saturated carbocycles. The largest absolute Gasteiger partial charge is 0.372 e. The van der Waals surface area contributed by atoms with Crippen molar-refractivity contribution in [1.29, 1.82) is 0 Å². The van der Waals surface area contributed by atoms with E-state index in [9.17, 15) is 5.11 Å². The summed E-state index contributed by atoms with van der Waals surface area (Å²) in [5.41, 5.74) is 1.10. The summed E-state index contributed by atoms with van der Waals surface area (Å²) in [4.78, 5) is 6.24. The van der Waals surface area contributed by atoms with Crippen molar-refractivity contribution in [2.75, 3.05) is 13.1 Å². The molecule has 1 aliphatic rings. The first-order valence-electron chi connectivity index (χ1n) is 7.63. The molecule has 1 aliphatic heterocycles. The van der Waals surface area contributed by atoms with Crippen LogP contribution in [0.5, 0.6) is 0 Å². The van der Waals surface area contributed by atoms with Gasteiger partial charge in [0.2, 0.25) is 0 Å². The summed E-state index contributed by atoms with van der Waals surface area (Å²) in [7, 11) is 0. The number of rotatable bonds is 3. The van der Waals surface area contributed by atoms with Crippen molar-refractivity contribution in [1.82, 2.24) is 14.5 Å². The molecule has 1 atom stereocenters. The second kappa shape index (κ2) is 5.62. The van der Waals surface area contributed by atoms with E-state index in [1.54, 1.807) is 12.5 Å². The molecule has 4 nitrogen and oxygen atoms in total. The lowest BCUT2D eigenvalue weighted by atomic mass is 9.94. The van der Waals surface area contributed by atoms with Gasteiger partial charge in [0.05, 0.1) is 6.33 Å². The minimum atomic E-state index is -0.895. The molecule has 0 spiro atoms. The van der Waals surface area contributed by atoms with Gasteiger partial charge in [0.1, 0.15) is 5.72 Å². The Morgan fingerprint density at radius 3 is 2.43 bits per heavy atom. The van der Waals surface area contributed by atoms with Gasteiger partial charge in [0, 0.05) is 31.2 Å². The molecule has 1 fully saturated rings. The van der Waals surface area contributed by atoms with Crippen LogP contribution < -0.4 is 0 Å². The monoisotopic (exact) mass is 285 g/mol. The maximum Gasteiger partial charge on any atom is 0.141 e. The van der Waals surface area contributed by atoms with Crippen molar-refractivity contribution in [3.05, 3.63) is 48.5 Å². The predicted octanol–water partition coefficient (Wildman–Crippen LogP) is 2.77. The summed E-state index contributed by atoms with van der Waals surface area (Å²) < 4.78 is 1.96. The molecule has 2 heterocycles. The molecule has 1 aromatic heterocycles. The molecular weight excluding hydrogens is 262 g/mol. The number of aromatic nitrogens is 2. The van der Waals surface area contributed by atoms with Crippen molar-refractivity contribution >= 4 is 0 Å². The van der Waals surface area contributed by atoms with E-state index in [0.717, 1.165) is 43.1 Å². The molecule has 21 heavy (non-hydrogen) atoms. The first kappa shape index (κ1) is 14.3. The number of likely N-dealkylation sites (tertiary alicyclic amines) is 1. The van der Waals surface area contributed by atoms with Crippen LogP contribution in [-0.2, 0) is 5.72 Å². The standard InChI is InChI=1S/C17H23N3O/c1-14-7-10-20(11-8-14)17(2,21)15-3-5-16(6-4-15)19-12-9-18-13-19/h3-6,9,12-14,21H,7-8,10-11H2,1-2H3. The fourth-order valence-electron chi connectivity index (χ4n) is 2.99. The zero-order chi connectivity index (χ0) is 14.9. The van der Waals surface area contributed by atoms with E-state index < -0.39 is 5.72 Å². The number of hydrogen-bond acceptors (Lipinski definition) is 3. The van der Waals surface area contributed by atoms with Gasteiger partial charge in [-0.1, -0.05) is 19.1 Å². The average Bonchev–Trinajstić information content (AvgIpc) is 3.02. The molecule has 2 aromatic rings. The third-order valence-electron chi connectivity index (χ3n) is 4.62. The Kier molecular flexibility index (Phi) is 3.83. The smallest absolute Gasteiger partial charge is 0.141 e. The maximum atomic E-state index is 10.9. The lowest BCUT2D eigenvalue weighted by Crippen LogP contribution is -2.47. The Bertz CT molecular complexity index is 567. The molecule has 112 valence electrons. The van der Waals surface area contributed by atoms with Gasteiger partial charge >= 0.3 is 0 Å². The van der Waals surface area contributed by atoms with Crippen molar-refractivity contribution < 1.29 is 5.11 Å². The quantitative estimate of drug-likeness (QED) is 0.943. The van der Waals surface area contributed by atoms with E-state index in [-0.39, 0.29) is 0 Å². The summed E-state index contributed by atoms with van der Waals surface area (Å²) in [6, 6.07) is 8.07. The molecule has 1 saturated heterocycles. The van der Waals surface area contributed by atoms with Crippen LogP contribution in [0.1, 0.15) is 32.3 Å². The van der Waals surface area contributed by atoms with Gasteiger partial charge in [-0.05, 0) is 43.4 Å². The normalized spacial score (nSPS) is 20.3. The Balaban J connectivity index is 1.79. The molecule has 0 bridgehead atoms. The topological polar surface area (TPSA) is 41.3 Å². The van der Waals surface area contributed by atoms with Crippen molar-refractivity contribution in [3.63, 3.8) is 0 Å². The fourth-order valence-corrected chi connectivity index (χ4v) is 2.99. The molecule has 1 N–H and O–H groups in total. The van der Waals surface area contributed by atoms with Gasteiger partial charge in [-0.2, -0.15) is 0 Å². The SMILES string of the molecule is CC1CCN(C(C)(O)c2ccc(-n3ccnc3)cc2)CC1. The Hall–Kier alpha value is -1.65. The van der Waals surface area contributed by atoms with Gasteiger partial charge in [-0.25, -0.2) is 4.98 Å². The lowest BCUT2D eigenvalue weighted by molar-refractivity contribution is -0.113. The van der Waals surface area contributed by atoms with Crippen molar-refractivity contribution in [2.24, 2.45) is 5.92 Å². The molecule has 1 unspecified atom stereocenters. The molecule has 0 radical (unpaired) electrons. The summed E-state index contributed by atoms with van der Waals surface area (Å²) >= 11 is 0. The second-order valence-electron chi connectivity index (χ2n) is 6.21. The maximum absolute atomic E-state index is 10.9. The van der Waals surface area contributed by atoms with Crippen molar-refractivity contribution in [3.8, 4) is 5.69 Å². The second-order valence-corrected chi connectivity index (χ2v) is 6.21. The van der Waals surface area contributed by atoms with Crippen LogP contribution >= 0.6 is 0 Å². The average molecular weight is 285 g/mol. The summed E-state index contributed by atoms with van der Waals surface area (Å²) in [5, 5.41) is 10.9. The highest BCUT2D eigenvalue weighted by molar-refractivity contribution is 5.36. The molecule has 4 heteroatoms. The third kappa shape index (κ3) is 2.87.